The number of hydrogen-bond donors (Lipinski definition) is 2. The molecule has 0 aliphatic carbocycles. The lowest BCUT2D eigenvalue weighted by Gasteiger charge is -2.25. The van der Waals surface area contributed by atoms with Gasteiger partial charge < -0.3 is 15.4 Å². The average molecular weight is 542 g/mol. The minimum atomic E-state index is -0.862. The predicted octanol–water partition coefficient (Wildman–Crippen LogP) is 3.77. The molecule has 3 aromatic rings. The number of amides is 3. The maximum atomic E-state index is 13.4. The Morgan fingerprint density at radius 2 is 1.79 bits per heavy atom. The van der Waals surface area contributed by atoms with Crippen molar-refractivity contribution in [1.82, 2.24) is 10.2 Å². The van der Waals surface area contributed by atoms with Gasteiger partial charge in [0.05, 0.1) is 25.0 Å². The number of benzene rings is 3. The Bertz CT molecular complexity index is 1460. The van der Waals surface area contributed by atoms with Gasteiger partial charge in [-0.15, -0.1) is 0 Å². The van der Waals surface area contributed by atoms with E-state index in [9.17, 15) is 14.4 Å². The first-order valence-electron chi connectivity index (χ1n) is 12.5. The molecule has 9 nitrogen and oxygen atoms in total. The van der Waals surface area contributed by atoms with Crippen molar-refractivity contribution >= 4 is 51.9 Å². The Morgan fingerprint density at radius 1 is 1.00 bits per heavy atom. The maximum Gasteiger partial charge on any atom is 0.259 e. The lowest BCUT2D eigenvalue weighted by molar-refractivity contribution is -0.128. The average Bonchev–Trinajstić information content (AvgIpc) is 3.28. The highest BCUT2D eigenvalue weighted by molar-refractivity contribution is 8.14. The van der Waals surface area contributed by atoms with Gasteiger partial charge in [-0.2, -0.15) is 0 Å². The van der Waals surface area contributed by atoms with Crippen molar-refractivity contribution in [2.45, 2.75) is 18.9 Å². The summed E-state index contributed by atoms with van der Waals surface area (Å²) in [5.41, 5.74) is 3.10. The van der Waals surface area contributed by atoms with E-state index >= 15 is 0 Å². The number of anilines is 1. The van der Waals surface area contributed by atoms with E-state index in [-0.39, 0.29) is 29.9 Å². The molecule has 0 spiro atoms. The Kier molecular flexibility index (Phi) is 8.02. The van der Waals surface area contributed by atoms with Crippen molar-refractivity contribution in [3.05, 3.63) is 90.0 Å². The second kappa shape index (κ2) is 12.0. The number of ether oxygens (including phenoxy) is 1. The Balaban J connectivity index is 1.24. The van der Waals surface area contributed by atoms with Crippen LogP contribution in [0.15, 0.2) is 88.8 Å². The van der Waals surface area contributed by atoms with Gasteiger partial charge in [0.1, 0.15) is 17.6 Å². The zero-order valence-corrected chi connectivity index (χ0v) is 22.1. The number of fused-ring (bicyclic) bond motifs is 3. The topological polar surface area (TPSA) is 112 Å². The number of para-hydroxylation sites is 1. The summed E-state index contributed by atoms with van der Waals surface area (Å²) in [6, 6.07) is 23.5. The van der Waals surface area contributed by atoms with E-state index in [1.807, 2.05) is 54.6 Å². The summed E-state index contributed by atoms with van der Waals surface area (Å²) in [5.74, 6) is 0.271. The molecule has 5 rings (SSSR count). The normalized spacial score (nSPS) is 15.6. The minimum Gasteiger partial charge on any atom is -0.497 e. The molecule has 39 heavy (non-hydrogen) atoms. The molecule has 3 amide bonds. The summed E-state index contributed by atoms with van der Waals surface area (Å²) in [7, 11) is 1.56. The van der Waals surface area contributed by atoms with Gasteiger partial charge in [-0.1, -0.05) is 60.3 Å². The molecule has 2 N–H and O–H groups in total. The molecule has 1 atom stereocenters. The third-order valence-corrected chi connectivity index (χ3v) is 7.13. The van der Waals surface area contributed by atoms with E-state index in [2.05, 4.69) is 20.6 Å². The first kappa shape index (κ1) is 26.2. The van der Waals surface area contributed by atoms with Gasteiger partial charge in [-0.05, 0) is 36.2 Å². The van der Waals surface area contributed by atoms with Crippen molar-refractivity contribution < 1.29 is 19.1 Å². The van der Waals surface area contributed by atoms with E-state index in [1.54, 1.807) is 31.4 Å². The van der Waals surface area contributed by atoms with Gasteiger partial charge in [0.2, 0.25) is 11.8 Å². The second-order valence-corrected chi connectivity index (χ2v) is 9.85. The monoisotopic (exact) mass is 541 g/mol. The van der Waals surface area contributed by atoms with Crippen molar-refractivity contribution in [3.63, 3.8) is 0 Å². The Morgan fingerprint density at radius 3 is 2.62 bits per heavy atom. The lowest BCUT2D eigenvalue weighted by Crippen LogP contribution is -2.42. The van der Waals surface area contributed by atoms with Gasteiger partial charge >= 0.3 is 0 Å². The highest BCUT2D eigenvalue weighted by atomic mass is 32.2. The number of carbonyl (C=O) groups excluding carboxylic acids is 3. The highest BCUT2D eigenvalue weighted by Crippen LogP contribution is 2.34. The first-order valence-corrected chi connectivity index (χ1v) is 13.5. The van der Waals surface area contributed by atoms with Gasteiger partial charge in [0, 0.05) is 23.9 Å². The van der Waals surface area contributed by atoms with Gasteiger partial charge in [-0.3, -0.25) is 19.4 Å². The summed E-state index contributed by atoms with van der Waals surface area (Å²) in [5, 5.41) is 6.07. The molecule has 3 aromatic carbocycles. The number of carbonyl (C=O) groups is 3. The van der Waals surface area contributed by atoms with Crippen molar-refractivity contribution in [2.75, 3.05) is 24.7 Å². The third-order valence-electron chi connectivity index (χ3n) is 6.19. The Hall–Kier alpha value is -4.44. The van der Waals surface area contributed by atoms with Crippen molar-refractivity contribution in [1.29, 1.82) is 0 Å². The van der Waals surface area contributed by atoms with E-state index in [4.69, 9.17) is 4.74 Å². The lowest BCUT2D eigenvalue weighted by atomic mass is 10.1. The van der Waals surface area contributed by atoms with Crippen LogP contribution in [0, 0.1) is 0 Å². The molecular formula is C29H27N5O4S. The quantitative estimate of drug-likeness (QED) is 0.428. The molecule has 0 radical (unpaired) electrons. The third kappa shape index (κ3) is 6.18. The van der Waals surface area contributed by atoms with E-state index < -0.39 is 6.04 Å². The smallest absolute Gasteiger partial charge is 0.259 e. The van der Waals surface area contributed by atoms with E-state index in [1.165, 1.54) is 4.90 Å². The summed E-state index contributed by atoms with van der Waals surface area (Å²) in [6.45, 7) is 0.470. The molecule has 0 aromatic heterocycles. The molecule has 0 fully saturated rings. The van der Waals surface area contributed by atoms with E-state index in [0.717, 1.165) is 17.3 Å². The standard InChI is InChI=1S/C29H27N5O4S/c1-38-21-11-7-10-20(16-21)31-26(36)18-39-29-33-23-13-6-5-12-22(23)27-32-24(28(37)34(27)29)17-25(35)30-15-14-19-8-3-2-4-9-19/h2-13,16,24H,14-15,17-18H2,1H3,(H,30,35)(H,31,36)/t24-/m1/s1. The molecule has 198 valence electrons. The van der Waals surface area contributed by atoms with Crippen LogP contribution in [0.3, 0.4) is 0 Å². The van der Waals surface area contributed by atoms with Crippen LogP contribution in [0.1, 0.15) is 17.5 Å². The summed E-state index contributed by atoms with van der Waals surface area (Å²) in [4.78, 5) is 49.4. The molecule has 2 heterocycles. The SMILES string of the molecule is COc1cccc(NC(=O)CSC2=Nc3ccccc3C3=N[C@H](CC(=O)NCCc4ccccc4)C(=O)N23)c1. The van der Waals surface area contributed by atoms with Crippen LogP contribution in [0.4, 0.5) is 11.4 Å². The number of methoxy groups -OCH3 is 1. The maximum absolute atomic E-state index is 13.4. The van der Waals surface area contributed by atoms with E-state index in [0.29, 0.717) is 46.7 Å². The van der Waals surface area contributed by atoms with Crippen LogP contribution < -0.4 is 15.4 Å². The second-order valence-electron chi connectivity index (χ2n) is 8.91. The Labute approximate surface area is 230 Å². The van der Waals surface area contributed by atoms with Gasteiger partial charge in [0.25, 0.3) is 5.91 Å². The minimum absolute atomic E-state index is 0.0277. The van der Waals surface area contributed by atoms with Crippen LogP contribution in [0.5, 0.6) is 5.75 Å². The number of amidine groups is 2. The van der Waals surface area contributed by atoms with Crippen LogP contribution in [-0.2, 0) is 20.8 Å². The molecule has 0 unspecified atom stereocenters. The molecule has 2 aliphatic rings. The fourth-order valence-corrected chi connectivity index (χ4v) is 5.10. The number of hydrogen-bond acceptors (Lipinski definition) is 7. The van der Waals surface area contributed by atoms with Crippen LogP contribution in [-0.4, -0.2) is 59.1 Å². The number of aliphatic imine (C=N–C) groups is 2. The van der Waals surface area contributed by atoms with Crippen LogP contribution >= 0.6 is 11.8 Å². The summed E-state index contributed by atoms with van der Waals surface area (Å²) >= 11 is 1.14. The molecule has 0 saturated heterocycles. The van der Waals surface area contributed by atoms with Gasteiger partial charge in [-0.25, -0.2) is 9.89 Å². The van der Waals surface area contributed by atoms with Crippen LogP contribution in [0.25, 0.3) is 0 Å². The largest absolute Gasteiger partial charge is 0.497 e. The molecule has 10 heteroatoms. The van der Waals surface area contributed by atoms with Crippen molar-refractivity contribution in [2.24, 2.45) is 9.98 Å². The number of rotatable bonds is 9. The number of nitrogens with zero attached hydrogens (tertiary/aromatic N) is 3. The molecular weight excluding hydrogens is 514 g/mol. The zero-order valence-electron chi connectivity index (χ0n) is 21.3. The van der Waals surface area contributed by atoms with Gasteiger partial charge in [0.15, 0.2) is 5.17 Å². The first-order chi connectivity index (χ1) is 19.0. The number of nitrogens with one attached hydrogen (secondary N) is 2. The fourth-order valence-electron chi connectivity index (χ4n) is 4.30. The van der Waals surface area contributed by atoms with Crippen LogP contribution in [0.2, 0.25) is 0 Å². The predicted molar refractivity (Wildman–Crippen MR) is 153 cm³/mol. The van der Waals surface area contributed by atoms with Crippen molar-refractivity contribution in [3.8, 4) is 5.75 Å². The summed E-state index contributed by atoms with van der Waals surface area (Å²) in [6.07, 6.45) is 0.633. The number of thioether (sulfide) groups is 1. The zero-order chi connectivity index (χ0) is 27.2. The molecule has 2 aliphatic heterocycles. The molecule has 0 bridgehead atoms. The highest BCUT2D eigenvalue weighted by Gasteiger charge is 2.42. The molecule has 0 saturated carbocycles. The summed E-state index contributed by atoms with van der Waals surface area (Å²) < 4.78 is 5.20. The fraction of sp³-hybridized carbons (Fsp3) is 0.207.